The van der Waals surface area contributed by atoms with Crippen molar-refractivity contribution in [3.63, 3.8) is 0 Å². The van der Waals surface area contributed by atoms with E-state index in [0.29, 0.717) is 16.5 Å². The summed E-state index contributed by atoms with van der Waals surface area (Å²) in [6, 6.07) is 11.2. The van der Waals surface area contributed by atoms with E-state index in [9.17, 15) is 0 Å². The topological polar surface area (TPSA) is 18.5 Å². The van der Waals surface area contributed by atoms with Gasteiger partial charge in [0.1, 0.15) is 0 Å². The van der Waals surface area contributed by atoms with E-state index >= 15 is 0 Å². The molecule has 20 heavy (non-hydrogen) atoms. The van der Waals surface area contributed by atoms with Gasteiger partial charge in [-0.2, -0.15) is 0 Å². The van der Waals surface area contributed by atoms with Crippen LogP contribution in [0.3, 0.4) is 0 Å². The number of methoxy groups -OCH3 is 2. The maximum atomic E-state index is 6.52. The van der Waals surface area contributed by atoms with E-state index in [-0.39, 0.29) is 5.38 Å². The molecular formula is C15H13BrCl2O2. The number of benzene rings is 2. The summed E-state index contributed by atoms with van der Waals surface area (Å²) in [4.78, 5) is 0. The Balaban J connectivity index is 2.40. The third-order valence-electron chi connectivity index (χ3n) is 2.94. The Morgan fingerprint density at radius 1 is 1.00 bits per heavy atom. The van der Waals surface area contributed by atoms with Crippen LogP contribution in [0.1, 0.15) is 16.5 Å². The van der Waals surface area contributed by atoms with Crippen molar-refractivity contribution in [2.75, 3.05) is 14.2 Å². The van der Waals surface area contributed by atoms with E-state index < -0.39 is 0 Å². The minimum atomic E-state index is -0.351. The molecule has 0 aliphatic carbocycles. The van der Waals surface area contributed by atoms with Gasteiger partial charge >= 0.3 is 0 Å². The van der Waals surface area contributed by atoms with Gasteiger partial charge in [0.05, 0.1) is 19.6 Å². The summed E-state index contributed by atoms with van der Waals surface area (Å²) in [6.07, 6.45) is 0. The van der Waals surface area contributed by atoms with E-state index in [2.05, 4.69) is 15.9 Å². The van der Waals surface area contributed by atoms with Crippen molar-refractivity contribution in [2.45, 2.75) is 5.38 Å². The molecule has 0 N–H and O–H groups in total. The highest BCUT2D eigenvalue weighted by Crippen LogP contribution is 2.38. The predicted octanol–water partition coefficient (Wildman–Crippen LogP) is 5.45. The number of hydrogen-bond donors (Lipinski definition) is 0. The molecule has 0 aliphatic rings. The molecule has 1 unspecified atom stereocenters. The van der Waals surface area contributed by atoms with Crippen LogP contribution in [-0.4, -0.2) is 14.2 Å². The van der Waals surface area contributed by atoms with Gasteiger partial charge in [-0.25, -0.2) is 0 Å². The van der Waals surface area contributed by atoms with Crippen molar-refractivity contribution in [2.24, 2.45) is 0 Å². The average molecular weight is 376 g/mol. The molecule has 0 fully saturated rings. The van der Waals surface area contributed by atoms with Crippen LogP contribution in [0.25, 0.3) is 0 Å². The van der Waals surface area contributed by atoms with Gasteiger partial charge in [-0.1, -0.05) is 39.7 Å². The highest BCUT2D eigenvalue weighted by molar-refractivity contribution is 9.10. The maximum absolute atomic E-state index is 6.52. The second kappa shape index (κ2) is 6.70. The zero-order valence-corrected chi connectivity index (χ0v) is 14.1. The molecular weight excluding hydrogens is 363 g/mol. The van der Waals surface area contributed by atoms with Crippen LogP contribution in [0.5, 0.6) is 11.5 Å². The third-order valence-corrected chi connectivity index (χ3v) is 4.24. The van der Waals surface area contributed by atoms with E-state index in [1.54, 1.807) is 14.2 Å². The Morgan fingerprint density at radius 2 is 1.70 bits per heavy atom. The quantitative estimate of drug-likeness (QED) is 0.661. The van der Waals surface area contributed by atoms with Gasteiger partial charge in [0.15, 0.2) is 11.5 Å². The first kappa shape index (κ1) is 15.5. The minimum absolute atomic E-state index is 0.351. The lowest BCUT2D eigenvalue weighted by Crippen LogP contribution is -1.97. The largest absolute Gasteiger partial charge is 0.493 e. The minimum Gasteiger partial charge on any atom is -0.493 e. The molecule has 0 aliphatic heterocycles. The summed E-state index contributed by atoms with van der Waals surface area (Å²) in [6.45, 7) is 0. The zero-order valence-electron chi connectivity index (χ0n) is 11.0. The van der Waals surface area contributed by atoms with Gasteiger partial charge in [0.25, 0.3) is 0 Å². The van der Waals surface area contributed by atoms with Crippen molar-refractivity contribution < 1.29 is 9.47 Å². The fourth-order valence-electron chi connectivity index (χ4n) is 1.90. The number of alkyl halides is 1. The lowest BCUT2D eigenvalue weighted by Gasteiger charge is -2.15. The molecule has 0 saturated heterocycles. The Hall–Kier alpha value is -0.900. The van der Waals surface area contributed by atoms with Crippen molar-refractivity contribution >= 4 is 39.1 Å². The lowest BCUT2D eigenvalue weighted by molar-refractivity contribution is 0.354. The fourth-order valence-corrected chi connectivity index (χ4v) is 3.06. The Labute approximate surface area is 136 Å². The van der Waals surface area contributed by atoms with E-state index in [0.717, 1.165) is 15.6 Å². The molecule has 5 heteroatoms. The highest BCUT2D eigenvalue weighted by Gasteiger charge is 2.16. The molecule has 0 saturated carbocycles. The van der Waals surface area contributed by atoms with Gasteiger partial charge in [-0.05, 0) is 35.4 Å². The third kappa shape index (κ3) is 3.22. The number of halogens is 3. The van der Waals surface area contributed by atoms with Crippen molar-refractivity contribution in [1.82, 2.24) is 0 Å². The van der Waals surface area contributed by atoms with Gasteiger partial charge in [-0.15, -0.1) is 11.6 Å². The molecule has 0 spiro atoms. The highest BCUT2D eigenvalue weighted by atomic mass is 79.9. The predicted molar refractivity (Wildman–Crippen MR) is 86.4 cm³/mol. The Morgan fingerprint density at radius 3 is 2.30 bits per heavy atom. The Kier molecular flexibility index (Phi) is 5.19. The van der Waals surface area contributed by atoms with E-state index in [1.807, 2.05) is 36.4 Å². The van der Waals surface area contributed by atoms with Gasteiger partial charge < -0.3 is 9.47 Å². The maximum Gasteiger partial charge on any atom is 0.161 e. The molecule has 2 nitrogen and oxygen atoms in total. The normalized spacial score (nSPS) is 12.1. The molecule has 0 heterocycles. The smallest absolute Gasteiger partial charge is 0.161 e. The monoisotopic (exact) mass is 374 g/mol. The van der Waals surface area contributed by atoms with Crippen LogP contribution in [0, 0.1) is 0 Å². The average Bonchev–Trinajstić information content (AvgIpc) is 2.45. The van der Waals surface area contributed by atoms with Gasteiger partial charge in [0, 0.05) is 9.50 Å². The molecule has 0 aromatic heterocycles. The van der Waals surface area contributed by atoms with Crippen LogP contribution < -0.4 is 9.47 Å². The molecule has 2 aromatic rings. The summed E-state index contributed by atoms with van der Waals surface area (Å²) in [7, 11) is 3.19. The summed E-state index contributed by atoms with van der Waals surface area (Å²) in [5.41, 5.74) is 1.75. The summed E-state index contributed by atoms with van der Waals surface area (Å²) < 4.78 is 11.4. The molecule has 2 rings (SSSR count). The number of ether oxygens (including phenoxy) is 2. The number of hydrogen-bond acceptors (Lipinski definition) is 2. The lowest BCUT2D eigenvalue weighted by atomic mass is 10.0. The van der Waals surface area contributed by atoms with Crippen LogP contribution in [0.2, 0.25) is 5.02 Å². The molecule has 0 amide bonds. The SMILES string of the molecule is COc1ccc(C(Cl)c2ccc(Br)cc2Cl)cc1OC. The van der Waals surface area contributed by atoms with E-state index in [1.165, 1.54) is 0 Å². The van der Waals surface area contributed by atoms with Crippen LogP contribution in [0.15, 0.2) is 40.9 Å². The zero-order chi connectivity index (χ0) is 14.7. The first-order valence-electron chi connectivity index (χ1n) is 5.87. The molecule has 0 radical (unpaired) electrons. The summed E-state index contributed by atoms with van der Waals surface area (Å²) in [5, 5.41) is 0.268. The number of rotatable bonds is 4. The fraction of sp³-hybridized carbons (Fsp3) is 0.200. The second-order valence-corrected chi connectivity index (χ2v) is 5.90. The van der Waals surface area contributed by atoms with Gasteiger partial charge in [-0.3, -0.25) is 0 Å². The molecule has 106 valence electrons. The van der Waals surface area contributed by atoms with Crippen LogP contribution in [-0.2, 0) is 0 Å². The van der Waals surface area contributed by atoms with Gasteiger partial charge in [0.2, 0.25) is 0 Å². The molecule has 1 atom stereocenters. The van der Waals surface area contributed by atoms with Crippen LogP contribution >= 0.6 is 39.1 Å². The van der Waals surface area contributed by atoms with Crippen molar-refractivity contribution in [1.29, 1.82) is 0 Å². The first-order valence-corrected chi connectivity index (χ1v) is 7.48. The van der Waals surface area contributed by atoms with Crippen LogP contribution in [0.4, 0.5) is 0 Å². The van der Waals surface area contributed by atoms with Crippen molar-refractivity contribution in [3.8, 4) is 11.5 Å². The van der Waals surface area contributed by atoms with Crippen molar-refractivity contribution in [3.05, 3.63) is 57.0 Å². The Bertz CT molecular complexity index is 617. The standard InChI is InChI=1S/C15H13BrCl2O2/c1-19-13-6-3-9(7-14(13)20-2)15(18)11-5-4-10(16)8-12(11)17/h3-8,15H,1-2H3. The first-order chi connectivity index (χ1) is 9.56. The molecule has 2 aromatic carbocycles. The summed E-state index contributed by atoms with van der Waals surface area (Å²) in [5.74, 6) is 1.31. The second-order valence-electron chi connectivity index (χ2n) is 4.14. The van der Waals surface area contributed by atoms with E-state index in [4.69, 9.17) is 32.7 Å². The molecule has 0 bridgehead atoms. The summed E-state index contributed by atoms with van der Waals surface area (Å²) >= 11 is 16.1.